The van der Waals surface area contributed by atoms with E-state index in [9.17, 15) is 13.2 Å². The highest BCUT2D eigenvalue weighted by molar-refractivity contribution is 9.10. The van der Waals surface area contributed by atoms with E-state index in [1.165, 1.54) is 0 Å². The average molecular weight is 451 g/mol. The van der Waals surface area contributed by atoms with Gasteiger partial charge in [-0.2, -0.15) is 0 Å². The molecule has 1 atom stereocenters. The molecular weight excluding hydrogens is 430 g/mol. The highest BCUT2D eigenvalue weighted by Gasteiger charge is 2.39. The summed E-state index contributed by atoms with van der Waals surface area (Å²) in [6.45, 7) is -0.104. The van der Waals surface area contributed by atoms with Crippen molar-refractivity contribution in [1.82, 2.24) is 4.90 Å². The maximum Gasteiger partial charge on any atom is 0.261 e. The molecule has 1 unspecified atom stereocenters. The van der Waals surface area contributed by atoms with Gasteiger partial charge in [-0.1, -0.05) is 24.4 Å². The van der Waals surface area contributed by atoms with Gasteiger partial charge in [0.2, 0.25) is 0 Å². The van der Waals surface area contributed by atoms with E-state index in [-0.39, 0.29) is 36.1 Å². The lowest BCUT2D eigenvalue weighted by atomic mass is 10.1. The van der Waals surface area contributed by atoms with Crippen LogP contribution < -0.4 is 4.74 Å². The minimum Gasteiger partial charge on any atom is -0.483 e. The van der Waals surface area contributed by atoms with Gasteiger partial charge in [-0.15, -0.1) is 0 Å². The van der Waals surface area contributed by atoms with Gasteiger partial charge in [0.25, 0.3) is 5.91 Å². The number of rotatable bonds is 5. The number of sulfone groups is 1. The summed E-state index contributed by atoms with van der Waals surface area (Å²) in [5.74, 6) is 0.636. The summed E-state index contributed by atoms with van der Waals surface area (Å²) in [5.41, 5.74) is 0. The van der Waals surface area contributed by atoms with E-state index in [1.54, 1.807) is 23.1 Å². The number of ether oxygens (including phenoxy) is 1. The molecule has 2 fully saturated rings. The SMILES string of the molecule is O=C(COc1ccc(Cl)cc1Br)N(C1CCCC1)C1CCS(=O)(=O)C1. The zero-order valence-electron chi connectivity index (χ0n) is 13.8. The third-order valence-corrected chi connectivity index (χ3v) is 7.46. The van der Waals surface area contributed by atoms with Crippen LogP contribution in [0.25, 0.3) is 0 Å². The normalized spacial score (nSPS) is 22.9. The Kier molecular flexibility index (Phi) is 5.96. The van der Waals surface area contributed by atoms with Crippen molar-refractivity contribution in [2.45, 2.75) is 44.2 Å². The summed E-state index contributed by atoms with van der Waals surface area (Å²) in [6, 6.07) is 5.02. The number of benzene rings is 1. The van der Waals surface area contributed by atoms with Crippen molar-refractivity contribution < 1.29 is 17.9 Å². The Hall–Kier alpha value is -0.790. The molecule has 1 aliphatic carbocycles. The number of nitrogens with zero attached hydrogens (tertiary/aromatic N) is 1. The van der Waals surface area contributed by atoms with Crippen molar-refractivity contribution in [3.8, 4) is 5.75 Å². The first-order chi connectivity index (χ1) is 11.9. The van der Waals surface area contributed by atoms with Crippen LogP contribution in [0.5, 0.6) is 5.75 Å². The molecule has 0 bridgehead atoms. The zero-order valence-corrected chi connectivity index (χ0v) is 16.9. The van der Waals surface area contributed by atoms with Gasteiger partial charge in [-0.25, -0.2) is 8.42 Å². The van der Waals surface area contributed by atoms with Gasteiger partial charge in [-0.3, -0.25) is 4.79 Å². The summed E-state index contributed by atoms with van der Waals surface area (Å²) in [5, 5.41) is 0.578. The Labute approximate surface area is 161 Å². The predicted molar refractivity (Wildman–Crippen MR) is 101 cm³/mol. The van der Waals surface area contributed by atoms with Gasteiger partial charge in [-0.05, 0) is 53.4 Å². The standard InChI is InChI=1S/C17H21BrClNO4S/c18-15-9-12(19)5-6-16(15)24-10-17(21)20(13-3-1-2-4-13)14-7-8-25(22,23)11-14/h5-6,9,13-14H,1-4,7-8,10-11H2. The van der Waals surface area contributed by atoms with Crippen molar-refractivity contribution >= 4 is 43.3 Å². The molecule has 1 aliphatic heterocycles. The fraction of sp³-hybridized carbons (Fsp3) is 0.588. The highest BCUT2D eigenvalue weighted by atomic mass is 79.9. The Bertz CT molecular complexity index is 749. The number of hydrogen-bond donors (Lipinski definition) is 0. The summed E-state index contributed by atoms with van der Waals surface area (Å²) in [4.78, 5) is 14.6. The minimum absolute atomic E-state index is 0.0693. The second-order valence-electron chi connectivity index (χ2n) is 6.66. The van der Waals surface area contributed by atoms with Gasteiger partial charge in [0.15, 0.2) is 16.4 Å². The van der Waals surface area contributed by atoms with E-state index in [4.69, 9.17) is 16.3 Å². The van der Waals surface area contributed by atoms with Crippen LogP contribution in [0, 0.1) is 0 Å². The van der Waals surface area contributed by atoms with Crippen molar-refractivity contribution in [2.24, 2.45) is 0 Å². The zero-order chi connectivity index (χ0) is 18.0. The average Bonchev–Trinajstić information content (AvgIpc) is 3.17. The molecule has 8 heteroatoms. The fourth-order valence-electron chi connectivity index (χ4n) is 3.69. The first-order valence-electron chi connectivity index (χ1n) is 8.45. The lowest BCUT2D eigenvalue weighted by molar-refractivity contribution is -0.137. The van der Waals surface area contributed by atoms with Crippen molar-refractivity contribution in [2.75, 3.05) is 18.1 Å². The number of hydrogen-bond acceptors (Lipinski definition) is 4. The Morgan fingerprint density at radius 1 is 1.24 bits per heavy atom. The lowest BCUT2D eigenvalue weighted by Gasteiger charge is -2.34. The van der Waals surface area contributed by atoms with Gasteiger partial charge in [0.1, 0.15) is 5.75 Å². The molecular formula is C17H21BrClNO4S. The molecule has 1 aromatic carbocycles. The third-order valence-electron chi connectivity index (χ3n) is 4.85. The van der Waals surface area contributed by atoms with Crippen LogP contribution in [-0.4, -0.2) is 49.4 Å². The predicted octanol–water partition coefficient (Wildman–Crippen LogP) is 3.44. The van der Waals surface area contributed by atoms with Gasteiger partial charge in [0.05, 0.1) is 16.0 Å². The molecule has 0 radical (unpaired) electrons. The first-order valence-corrected chi connectivity index (χ1v) is 11.4. The molecule has 5 nitrogen and oxygen atoms in total. The summed E-state index contributed by atoms with van der Waals surface area (Å²) in [7, 11) is -3.04. The van der Waals surface area contributed by atoms with Gasteiger partial charge < -0.3 is 9.64 Å². The second kappa shape index (κ2) is 7.84. The molecule has 25 heavy (non-hydrogen) atoms. The van der Waals surface area contributed by atoms with Crippen molar-refractivity contribution in [3.05, 3.63) is 27.7 Å². The number of carbonyl (C=O) groups excluding carboxylic acids is 1. The molecule has 0 N–H and O–H groups in total. The van der Waals surface area contributed by atoms with E-state index in [0.29, 0.717) is 21.7 Å². The topological polar surface area (TPSA) is 63.7 Å². The summed E-state index contributed by atoms with van der Waals surface area (Å²) < 4.78 is 30.0. The molecule has 1 heterocycles. The summed E-state index contributed by atoms with van der Waals surface area (Å²) in [6.07, 6.45) is 4.56. The van der Waals surface area contributed by atoms with Crippen molar-refractivity contribution in [1.29, 1.82) is 0 Å². The van der Waals surface area contributed by atoms with Crippen LogP contribution >= 0.6 is 27.5 Å². The van der Waals surface area contributed by atoms with Crippen LogP contribution in [0.4, 0.5) is 0 Å². The quantitative estimate of drug-likeness (QED) is 0.689. The fourth-order valence-corrected chi connectivity index (χ4v) is 6.20. The second-order valence-corrected chi connectivity index (χ2v) is 10.2. The molecule has 1 aromatic rings. The van der Waals surface area contributed by atoms with Crippen LogP contribution in [0.3, 0.4) is 0 Å². The van der Waals surface area contributed by atoms with E-state index < -0.39 is 9.84 Å². The smallest absolute Gasteiger partial charge is 0.261 e. The van der Waals surface area contributed by atoms with E-state index in [2.05, 4.69) is 15.9 Å². The Morgan fingerprint density at radius 2 is 1.96 bits per heavy atom. The lowest BCUT2D eigenvalue weighted by Crippen LogP contribution is -2.48. The maximum atomic E-state index is 12.8. The van der Waals surface area contributed by atoms with Crippen molar-refractivity contribution in [3.63, 3.8) is 0 Å². The van der Waals surface area contributed by atoms with Crippen LogP contribution in [0.15, 0.2) is 22.7 Å². The molecule has 1 saturated carbocycles. The van der Waals surface area contributed by atoms with E-state index in [1.807, 2.05) is 0 Å². The molecule has 2 aliphatic rings. The van der Waals surface area contributed by atoms with Crippen LogP contribution in [-0.2, 0) is 14.6 Å². The van der Waals surface area contributed by atoms with E-state index in [0.717, 1.165) is 25.7 Å². The van der Waals surface area contributed by atoms with Crippen LogP contribution in [0.2, 0.25) is 5.02 Å². The first kappa shape index (κ1) is 19.0. The highest BCUT2D eigenvalue weighted by Crippen LogP contribution is 2.31. The monoisotopic (exact) mass is 449 g/mol. The molecule has 1 amide bonds. The van der Waals surface area contributed by atoms with Gasteiger partial charge in [0, 0.05) is 17.1 Å². The molecule has 0 aromatic heterocycles. The Balaban J connectivity index is 1.70. The number of carbonyl (C=O) groups is 1. The maximum absolute atomic E-state index is 12.8. The molecule has 3 rings (SSSR count). The largest absolute Gasteiger partial charge is 0.483 e. The Morgan fingerprint density at radius 3 is 2.56 bits per heavy atom. The molecule has 1 saturated heterocycles. The molecule has 0 spiro atoms. The number of halogens is 2. The van der Waals surface area contributed by atoms with E-state index >= 15 is 0 Å². The summed E-state index contributed by atoms with van der Waals surface area (Å²) >= 11 is 9.28. The minimum atomic E-state index is -3.04. The number of amides is 1. The van der Waals surface area contributed by atoms with Gasteiger partial charge >= 0.3 is 0 Å². The molecule has 138 valence electrons. The van der Waals surface area contributed by atoms with Crippen LogP contribution in [0.1, 0.15) is 32.1 Å². The third kappa shape index (κ3) is 4.68.